The van der Waals surface area contributed by atoms with Gasteiger partial charge in [-0.05, 0) is 42.8 Å². The zero-order valence-electron chi connectivity index (χ0n) is 14.9. The molecule has 138 valence electrons. The van der Waals surface area contributed by atoms with Crippen molar-refractivity contribution in [1.82, 2.24) is 5.32 Å². The van der Waals surface area contributed by atoms with Gasteiger partial charge in [-0.1, -0.05) is 12.1 Å². The van der Waals surface area contributed by atoms with Crippen LogP contribution < -0.4 is 20.7 Å². The van der Waals surface area contributed by atoms with E-state index in [1.807, 2.05) is 6.92 Å². The van der Waals surface area contributed by atoms with Crippen LogP contribution in [0.5, 0.6) is 5.75 Å². The largest absolute Gasteiger partial charge is 0.495 e. The Bertz CT molecular complexity index is 778. The number of anilines is 2. The van der Waals surface area contributed by atoms with Crippen LogP contribution in [-0.2, 0) is 9.59 Å². The summed E-state index contributed by atoms with van der Waals surface area (Å²) in [6.07, 6.45) is 0. The maximum absolute atomic E-state index is 13.0. The Kier molecular flexibility index (Phi) is 6.54. The van der Waals surface area contributed by atoms with Crippen LogP contribution in [0.15, 0.2) is 42.5 Å². The van der Waals surface area contributed by atoms with E-state index in [9.17, 15) is 14.0 Å². The van der Waals surface area contributed by atoms with Crippen LogP contribution in [0.2, 0.25) is 0 Å². The standard InChI is InChI=1S/C19H22FN3O3/c1-12(14-4-6-15(20)7-5-14)22-19(25)11-21-17-10-16(23-13(2)24)8-9-18(17)26-3/h4-10,12,21H,11H2,1-3H3,(H,22,25)(H,23,24). The Morgan fingerprint density at radius 1 is 1.15 bits per heavy atom. The summed E-state index contributed by atoms with van der Waals surface area (Å²) in [4.78, 5) is 23.3. The molecule has 2 aromatic carbocycles. The SMILES string of the molecule is COc1ccc(NC(C)=O)cc1NCC(=O)NC(C)c1ccc(F)cc1. The zero-order valence-corrected chi connectivity index (χ0v) is 14.9. The molecule has 7 heteroatoms. The van der Waals surface area contributed by atoms with Gasteiger partial charge in [-0.2, -0.15) is 0 Å². The monoisotopic (exact) mass is 359 g/mol. The number of hydrogen-bond acceptors (Lipinski definition) is 4. The quantitative estimate of drug-likeness (QED) is 0.710. The summed E-state index contributed by atoms with van der Waals surface area (Å²) >= 11 is 0. The first kappa shape index (κ1) is 19.2. The number of rotatable bonds is 7. The lowest BCUT2D eigenvalue weighted by Crippen LogP contribution is -2.32. The second-order valence-electron chi connectivity index (χ2n) is 5.79. The third-order valence-electron chi connectivity index (χ3n) is 3.71. The number of carbonyl (C=O) groups is 2. The number of benzene rings is 2. The summed E-state index contributed by atoms with van der Waals surface area (Å²) < 4.78 is 18.2. The molecule has 0 saturated carbocycles. The van der Waals surface area contributed by atoms with Gasteiger partial charge in [0, 0.05) is 12.6 Å². The van der Waals surface area contributed by atoms with Crippen molar-refractivity contribution in [3.63, 3.8) is 0 Å². The molecule has 1 unspecified atom stereocenters. The van der Waals surface area contributed by atoms with Crippen molar-refractivity contribution in [2.75, 3.05) is 24.3 Å². The molecule has 2 amide bonds. The minimum Gasteiger partial charge on any atom is -0.495 e. The molecule has 0 spiro atoms. The van der Waals surface area contributed by atoms with Crippen molar-refractivity contribution in [2.24, 2.45) is 0 Å². The first-order chi connectivity index (χ1) is 12.4. The van der Waals surface area contributed by atoms with E-state index in [2.05, 4.69) is 16.0 Å². The Balaban J connectivity index is 1.97. The first-order valence-corrected chi connectivity index (χ1v) is 8.13. The van der Waals surface area contributed by atoms with Crippen LogP contribution in [-0.4, -0.2) is 25.5 Å². The molecule has 3 N–H and O–H groups in total. The highest BCUT2D eigenvalue weighted by Gasteiger charge is 2.11. The molecule has 0 radical (unpaired) electrons. The molecule has 0 aliphatic heterocycles. The van der Waals surface area contributed by atoms with Crippen LogP contribution in [0, 0.1) is 5.82 Å². The molecule has 0 bridgehead atoms. The van der Waals surface area contributed by atoms with Gasteiger partial charge in [0.15, 0.2) is 0 Å². The lowest BCUT2D eigenvalue weighted by molar-refractivity contribution is -0.120. The number of nitrogens with one attached hydrogen (secondary N) is 3. The third kappa shape index (κ3) is 5.47. The Morgan fingerprint density at radius 3 is 2.46 bits per heavy atom. The van der Waals surface area contributed by atoms with Gasteiger partial charge in [-0.3, -0.25) is 9.59 Å². The molecule has 26 heavy (non-hydrogen) atoms. The number of hydrogen-bond donors (Lipinski definition) is 3. The van der Waals surface area contributed by atoms with Crippen molar-refractivity contribution < 1.29 is 18.7 Å². The van der Waals surface area contributed by atoms with Gasteiger partial charge in [0.1, 0.15) is 11.6 Å². The average molecular weight is 359 g/mol. The van der Waals surface area contributed by atoms with E-state index in [0.717, 1.165) is 5.56 Å². The minimum atomic E-state index is -0.319. The van der Waals surface area contributed by atoms with Gasteiger partial charge in [0.25, 0.3) is 0 Å². The molecule has 6 nitrogen and oxygen atoms in total. The Morgan fingerprint density at radius 2 is 1.85 bits per heavy atom. The van der Waals surface area contributed by atoms with Crippen LogP contribution in [0.25, 0.3) is 0 Å². The second-order valence-corrected chi connectivity index (χ2v) is 5.79. The lowest BCUT2D eigenvalue weighted by Gasteiger charge is -2.16. The second kappa shape index (κ2) is 8.84. The van der Waals surface area contributed by atoms with Crippen molar-refractivity contribution in [2.45, 2.75) is 19.9 Å². The summed E-state index contributed by atoms with van der Waals surface area (Å²) in [5.74, 6) is -0.181. The predicted octanol–water partition coefficient (Wildman–Crippen LogP) is 3.08. The van der Waals surface area contributed by atoms with Gasteiger partial charge in [0.05, 0.1) is 25.4 Å². The first-order valence-electron chi connectivity index (χ1n) is 8.13. The van der Waals surface area contributed by atoms with E-state index >= 15 is 0 Å². The molecule has 0 heterocycles. The Labute approximate surface area is 151 Å². The van der Waals surface area contributed by atoms with Gasteiger partial charge in [-0.25, -0.2) is 4.39 Å². The maximum Gasteiger partial charge on any atom is 0.239 e. The van der Waals surface area contributed by atoms with E-state index in [1.165, 1.54) is 26.2 Å². The van der Waals surface area contributed by atoms with Crippen LogP contribution in [0.3, 0.4) is 0 Å². The summed E-state index contributed by atoms with van der Waals surface area (Å²) in [6.45, 7) is 3.26. The topological polar surface area (TPSA) is 79.5 Å². The van der Waals surface area contributed by atoms with Crippen LogP contribution in [0.4, 0.5) is 15.8 Å². The Hall–Kier alpha value is -3.09. The summed E-state index contributed by atoms with van der Waals surface area (Å²) in [5.41, 5.74) is 1.99. The predicted molar refractivity (Wildman–Crippen MR) is 98.7 cm³/mol. The number of amides is 2. The number of halogens is 1. The van der Waals surface area contributed by atoms with E-state index in [-0.39, 0.29) is 30.2 Å². The fraction of sp³-hybridized carbons (Fsp3) is 0.263. The van der Waals surface area contributed by atoms with Gasteiger partial charge in [-0.15, -0.1) is 0 Å². The highest BCUT2D eigenvalue weighted by Crippen LogP contribution is 2.27. The molecule has 0 aliphatic rings. The fourth-order valence-electron chi connectivity index (χ4n) is 2.43. The summed E-state index contributed by atoms with van der Waals surface area (Å²) in [6, 6.07) is 10.8. The summed E-state index contributed by atoms with van der Waals surface area (Å²) in [7, 11) is 1.52. The lowest BCUT2D eigenvalue weighted by atomic mass is 10.1. The number of methoxy groups -OCH3 is 1. The average Bonchev–Trinajstić information content (AvgIpc) is 2.60. The molecule has 0 aromatic heterocycles. The zero-order chi connectivity index (χ0) is 19.1. The van der Waals surface area contributed by atoms with E-state index in [1.54, 1.807) is 30.3 Å². The van der Waals surface area contributed by atoms with Gasteiger partial charge < -0.3 is 20.7 Å². The molecule has 2 aromatic rings. The molecular formula is C19H22FN3O3. The smallest absolute Gasteiger partial charge is 0.239 e. The molecule has 0 aliphatic carbocycles. The third-order valence-corrected chi connectivity index (χ3v) is 3.71. The van der Waals surface area contributed by atoms with Crippen molar-refractivity contribution >= 4 is 23.2 Å². The van der Waals surface area contributed by atoms with E-state index < -0.39 is 0 Å². The minimum absolute atomic E-state index is 0.0193. The van der Waals surface area contributed by atoms with Crippen LogP contribution >= 0.6 is 0 Å². The van der Waals surface area contributed by atoms with Gasteiger partial charge in [0.2, 0.25) is 11.8 Å². The fourth-order valence-corrected chi connectivity index (χ4v) is 2.43. The molecular weight excluding hydrogens is 337 g/mol. The van der Waals surface area contributed by atoms with E-state index in [4.69, 9.17) is 4.74 Å². The molecule has 2 rings (SSSR count). The highest BCUT2D eigenvalue weighted by atomic mass is 19.1. The molecule has 1 atom stereocenters. The molecule has 0 fully saturated rings. The van der Waals surface area contributed by atoms with Crippen molar-refractivity contribution in [3.8, 4) is 5.75 Å². The van der Waals surface area contributed by atoms with Crippen molar-refractivity contribution in [3.05, 3.63) is 53.8 Å². The number of ether oxygens (including phenoxy) is 1. The number of carbonyl (C=O) groups excluding carboxylic acids is 2. The summed E-state index contributed by atoms with van der Waals surface area (Å²) in [5, 5.41) is 8.51. The van der Waals surface area contributed by atoms with Crippen LogP contribution in [0.1, 0.15) is 25.5 Å². The van der Waals surface area contributed by atoms with Crippen molar-refractivity contribution in [1.29, 1.82) is 0 Å². The molecule has 0 saturated heterocycles. The van der Waals surface area contributed by atoms with Gasteiger partial charge >= 0.3 is 0 Å². The maximum atomic E-state index is 13.0. The highest BCUT2D eigenvalue weighted by molar-refractivity contribution is 5.90. The van der Waals surface area contributed by atoms with E-state index in [0.29, 0.717) is 17.1 Å². The normalized spacial score (nSPS) is 11.4.